The van der Waals surface area contributed by atoms with E-state index >= 15 is 0 Å². The topological polar surface area (TPSA) is 66.0 Å². The summed E-state index contributed by atoms with van der Waals surface area (Å²) >= 11 is 0. The van der Waals surface area contributed by atoms with Crippen LogP contribution in [0.1, 0.15) is 44.5 Å². The molecule has 0 saturated heterocycles. The Balaban J connectivity index is 2.09. The fourth-order valence-corrected chi connectivity index (χ4v) is 4.26. The molecule has 1 aliphatic heterocycles. The van der Waals surface area contributed by atoms with E-state index in [2.05, 4.69) is 38.7 Å². The maximum atomic E-state index is 12.1. The van der Waals surface area contributed by atoms with E-state index in [4.69, 9.17) is 9.41 Å². The van der Waals surface area contributed by atoms with Crippen LogP contribution in [-0.2, 0) is 0 Å². The Hall–Kier alpha value is -3.60. The zero-order valence-corrected chi connectivity index (χ0v) is 19.6. The summed E-state index contributed by atoms with van der Waals surface area (Å²) in [7, 11) is 0. The molecule has 170 valence electrons. The molecule has 1 heterocycles. The van der Waals surface area contributed by atoms with Gasteiger partial charge in [0.05, 0.1) is 10.9 Å². The lowest BCUT2D eigenvalue weighted by Crippen LogP contribution is -2.21. The zero-order valence-electron chi connectivity index (χ0n) is 19.6. The molecule has 2 aliphatic rings. The Morgan fingerprint density at radius 2 is 1.76 bits per heavy atom. The minimum atomic E-state index is -0.948. The molecule has 5 heteroatoms. The number of carboxylic acid groups (broad SMARTS) is 1. The highest BCUT2D eigenvalue weighted by Crippen LogP contribution is 2.42. The van der Waals surface area contributed by atoms with E-state index in [0.29, 0.717) is 11.3 Å². The standard InChI is InChI=1S/C28H30N2O3/c1-5-18(4)29-19-12-14-23-25(16-19)33-26-17-20(30(6-2)7-3)13-15-24(26)27(23)21-10-8-9-11-22(21)28(31)32/h8-18H,5-7H2,1-4H3,(H,31,32)/b29-19-. The van der Waals surface area contributed by atoms with Crippen LogP contribution >= 0.6 is 0 Å². The first-order chi connectivity index (χ1) is 16.0. The first-order valence-electron chi connectivity index (χ1n) is 11.6. The summed E-state index contributed by atoms with van der Waals surface area (Å²) in [6, 6.07) is 19.5. The zero-order chi connectivity index (χ0) is 23.5. The fourth-order valence-electron chi connectivity index (χ4n) is 4.26. The maximum absolute atomic E-state index is 12.1. The van der Waals surface area contributed by atoms with Gasteiger partial charge in [-0.25, -0.2) is 4.79 Å². The third kappa shape index (κ3) is 4.36. The molecule has 0 amide bonds. The number of rotatable bonds is 7. The van der Waals surface area contributed by atoms with Gasteiger partial charge in [0.25, 0.3) is 0 Å². The van der Waals surface area contributed by atoms with Gasteiger partial charge in [0, 0.05) is 53.5 Å². The van der Waals surface area contributed by atoms with Crippen LogP contribution in [0.15, 0.2) is 70.1 Å². The van der Waals surface area contributed by atoms with Crippen LogP contribution in [0.2, 0.25) is 0 Å². The molecule has 1 aliphatic carbocycles. The second kappa shape index (κ2) is 9.49. The maximum Gasteiger partial charge on any atom is 0.336 e. The van der Waals surface area contributed by atoms with Gasteiger partial charge in [0.15, 0.2) is 0 Å². The quantitative estimate of drug-likeness (QED) is 0.334. The molecule has 0 radical (unpaired) electrons. The Morgan fingerprint density at radius 1 is 1.00 bits per heavy atom. The summed E-state index contributed by atoms with van der Waals surface area (Å²) in [5.41, 5.74) is 4.49. The van der Waals surface area contributed by atoms with E-state index in [1.165, 1.54) is 0 Å². The van der Waals surface area contributed by atoms with Crippen LogP contribution in [0, 0.1) is 0 Å². The van der Waals surface area contributed by atoms with Crippen molar-refractivity contribution in [3.05, 3.63) is 71.6 Å². The smallest absolute Gasteiger partial charge is 0.336 e. The summed E-state index contributed by atoms with van der Waals surface area (Å²) in [6.07, 6.45) is 0.956. The summed E-state index contributed by atoms with van der Waals surface area (Å²) in [5.74, 6) is -0.255. The van der Waals surface area contributed by atoms with Crippen LogP contribution < -0.4 is 10.3 Å². The van der Waals surface area contributed by atoms with Crippen LogP contribution in [-0.4, -0.2) is 30.2 Å². The van der Waals surface area contributed by atoms with Gasteiger partial charge < -0.3 is 14.4 Å². The normalized spacial score (nSPS) is 12.9. The fraction of sp³-hybridized carbons (Fsp3) is 0.286. The second-order valence-electron chi connectivity index (χ2n) is 8.25. The number of fused-ring (bicyclic) bond motifs is 2. The van der Waals surface area contributed by atoms with Crippen molar-refractivity contribution in [2.45, 2.75) is 40.2 Å². The third-order valence-corrected chi connectivity index (χ3v) is 6.20. The second-order valence-corrected chi connectivity index (χ2v) is 8.25. The molecule has 33 heavy (non-hydrogen) atoms. The Labute approximate surface area is 194 Å². The Bertz CT molecular complexity index is 1330. The molecular formula is C28H30N2O3. The largest absolute Gasteiger partial charge is 0.478 e. The highest BCUT2D eigenvalue weighted by atomic mass is 16.4. The molecule has 1 atom stereocenters. The monoisotopic (exact) mass is 442 g/mol. The Morgan fingerprint density at radius 3 is 2.45 bits per heavy atom. The van der Waals surface area contributed by atoms with Crippen LogP contribution in [0.5, 0.6) is 0 Å². The number of carboxylic acids is 1. The van der Waals surface area contributed by atoms with E-state index in [1.54, 1.807) is 12.1 Å². The molecule has 0 spiro atoms. The van der Waals surface area contributed by atoms with Gasteiger partial charge in [-0.15, -0.1) is 0 Å². The van der Waals surface area contributed by atoms with Crippen molar-refractivity contribution in [1.82, 2.24) is 0 Å². The van der Waals surface area contributed by atoms with Gasteiger partial charge in [0.1, 0.15) is 11.3 Å². The van der Waals surface area contributed by atoms with Crippen LogP contribution in [0.25, 0.3) is 33.4 Å². The molecule has 2 aromatic rings. The van der Waals surface area contributed by atoms with Gasteiger partial charge in [-0.05, 0) is 63.1 Å². The molecule has 2 aromatic carbocycles. The first kappa shape index (κ1) is 22.6. The molecule has 1 unspecified atom stereocenters. The Kier molecular flexibility index (Phi) is 6.50. The minimum Gasteiger partial charge on any atom is -0.478 e. The number of carbonyl (C=O) groups is 1. The number of hydrogen-bond donors (Lipinski definition) is 1. The van der Waals surface area contributed by atoms with Crippen molar-refractivity contribution >= 4 is 22.6 Å². The van der Waals surface area contributed by atoms with Gasteiger partial charge >= 0.3 is 5.97 Å². The highest BCUT2D eigenvalue weighted by Gasteiger charge is 2.21. The molecule has 0 fully saturated rings. The lowest BCUT2D eigenvalue weighted by atomic mass is 9.90. The summed E-state index contributed by atoms with van der Waals surface area (Å²) < 4.78 is 6.41. The molecule has 5 nitrogen and oxygen atoms in total. The van der Waals surface area contributed by atoms with E-state index in [0.717, 1.165) is 52.7 Å². The predicted octanol–water partition coefficient (Wildman–Crippen LogP) is 6.45. The first-order valence-corrected chi connectivity index (χ1v) is 11.6. The van der Waals surface area contributed by atoms with Crippen LogP contribution in [0.3, 0.4) is 0 Å². The average molecular weight is 443 g/mol. The van der Waals surface area contributed by atoms with E-state index in [9.17, 15) is 9.90 Å². The van der Waals surface area contributed by atoms with Crippen molar-refractivity contribution in [3.63, 3.8) is 0 Å². The van der Waals surface area contributed by atoms with Crippen molar-refractivity contribution in [2.24, 2.45) is 4.99 Å². The van der Waals surface area contributed by atoms with Crippen LogP contribution in [0.4, 0.5) is 5.69 Å². The number of nitrogens with zero attached hydrogens (tertiary/aromatic N) is 2. The van der Waals surface area contributed by atoms with Crippen molar-refractivity contribution in [2.75, 3.05) is 18.0 Å². The summed E-state index contributed by atoms with van der Waals surface area (Å²) in [6.45, 7) is 10.2. The molecule has 4 rings (SSSR count). The minimum absolute atomic E-state index is 0.212. The van der Waals surface area contributed by atoms with Crippen molar-refractivity contribution in [1.29, 1.82) is 0 Å². The number of hydrogen-bond acceptors (Lipinski definition) is 4. The molecule has 0 aromatic heterocycles. The van der Waals surface area contributed by atoms with Gasteiger partial charge in [0.2, 0.25) is 0 Å². The average Bonchev–Trinajstić information content (AvgIpc) is 2.83. The van der Waals surface area contributed by atoms with Crippen molar-refractivity contribution < 1.29 is 14.3 Å². The van der Waals surface area contributed by atoms with E-state index < -0.39 is 5.97 Å². The van der Waals surface area contributed by atoms with Crippen molar-refractivity contribution in [3.8, 4) is 22.5 Å². The predicted molar refractivity (Wildman–Crippen MR) is 134 cm³/mol. The third-order valence-electron chi connectivity index (χ3n) is 6.20. The summed E-state index contributed by atoms with van der Waals surface area (Å²) in [5, 5.41) is 11.6. The lowest BCUT2D eigenvalue weighted by Gasteiger charge is -2.22. The van der Waals surface area contributed by atoms with E-state index in [1.807, 2.05) is 42.5 Å². The van der Waals surface area contributed by atoms with Gasteiger partial charge in [-0.2, -0.15) is 0 Å². The summed E-state index contributed by atoms with van der Waals surface area (Å²) in [4.78, 5) is 19.1. The highest BCUT2D eigenvalue weighted by molar-refractivity contribution is 6.07. The number of aromatic carboxylic acids is 1. The molecule has 0 bridgehead atoms. The lowest BCUT2D eigenvalue weighted by molar-refractivity contribution is 0.0697. The van der Waals surface area contributed by atoms with E-state index in [-0.39, 0.29) is 11.6 Å². The van der Waals surface area contributed by atoms with Gasteiger partial charge in [-0.1, -0.05) is 25.1 Å². The molecule has 1 N–H and O–H groups in total. The van der Waals surface area contributed by atoms with Gasteiger partial charge in [-0.3, -0.25) is 4.99 Å². The SMILES string of the molecule is CCC(C)/N=c1/ccc2c(-c3ccccc3C(=O)O)c3ccc(N(CC)CC)cc3oc-2c1. The number of benzene rings is 3. The molecule has 0 saturated carbocycles. The molecular weight excluding hydrogens is 412 g/mol. The number of anilines is 1.